The summed E-state index contributed by atoms with van der Waals surface area (Å²) in [5.41, 5.74) is 3.74. The zero-order valence-electron chi connectivity index (χ0n) is 10.8. The number of rotatable bonds is 5. The number of halogens is 1. The summed E-state index contributed by atoms with van der Waals surface area (Å²) in [6.07, 6.45) is 2.45. The zero-order chi connectivity index (χ0) is 13.9. The molecule has 3 rings (SSSR count). The lowest BCUT2D eigenvalue weighted by Gasteiger charge is -2.07. The third kappa shape index (κ3) is 3.50. The maximum atomic E-state index is 5.48. The first-order chi connectivity index (χ1) is 9.74. The molecule has 1 aromatic heterocycles. The summed E-state index contributed by atoms with van der Waals surface area (Å²) in [7, 11) is 0. The fraction of sp³-hybridized carbons (Fsp3) is 0.286. The molecule has 0 radical (unpaired) electrons. The van der Waals surface area contributed by atoms with Gasteiger partial charge in [0.2, 0.25) is 0 Å². The molecule has 1 saturated carbocycles. The number of benzene rings is 1. The number of hydrogen-bond acceptors (Lipinski definition) is 5. The van der Waals surface area contributed by atoms with Crippen molar-refractivity contribution in [2.45, 2.75) is 29.4 Å². The van der Waals surface area contributed by atoms with Gasteiger partial charge in [0.25, 0.3) is 0 Å². The highest BCUT2D eigenvalue weighted by Gasteiger charge is 2.26. The number of aromatic nitrogens is 2. The standard InChI is InChI=1S/C14H15BrN4S/c15-10-3-5-11(6-4-10)20-8-14-17-12(9-1-2-9)7-13(18-14)19-16/h3-7,9H,1-2,8,16H2,(H,17,18,19). The molecule has 0 bridgehead atoms. The van der Waals surface area contributed by atoms with E-state index >= 15 is 0 Å². The molecule has 2 aromatic rings. The second kappa shape index (κ2) is 6.11. The molecule has 0 unspecified atom stereocenters. The molecule has 4 nitrogen and oxygen atoms in total. The minimum atomic E-state index is 0.599. The van der Waals surface area contributed by atoms with E-state index in [1.165, 1.54) is 17.7 Å². The molecule has 6 heteroatoms. The van der Waals surface area contributed by atoms with Gasteiger partial charge < -0.3 is 5.43 Å². The van der Waals surface area contributed by atoms with E-state index in [2.05, 4.69) is 43.5 Å². The van der Waals surface area contributed by atoms with Gasteiger partial charge >= 0.3 is 0 Å². The molecule has 0 atom stereocenters. The average molecular weight is 351 g/mol. The number of nitrogens with zero attached hydrogens (tertiary/aromatic N) is 2. The molecular weight excluding hydrogens is 336 g/mol. The van der Waals surface area contributed by atoms with Crippen LogP contribution in [-0.4, -0.2) is 9.97 Å². The summed E-state index contributed by atoms with van der Waals surface area (Å²) in [6, 6.07) is 10.2. The van der Waals surface area contributed by atoms with Crippen molar-refractivity contribution in [3.63, 3.8) is 0 Å². The van der Waals surface area contributed by atoms with Crippen molar-refractivity contribution in [3.05, 3.63) is 46.3 Å². The predicted octanol–water partition coefficient (Wildman–Crippen LogP) is 3.69. The summed E-state index contributed by atoms with van der Waals surface area (Å²) in [5, 5.41) is 0. The molecule has 1 heterocycles. The Hall–Kier alpha value is -1.11. The van der Waals surface area contributed by atoms with Crippen molar-refractivity contribution in [2.24, 2.45) is 5.84 Å². The lowest BCUT2D eigenvalue weighted by molar-refractivity contribution is 0.930. The van der Waals surface area contributed by atoms with Gasteiger partial charge in [-0.2, -0.15) is 0 Å². The highest BCUT2D eigenvalue weighted by atomic mass is 79.9. The number of nitrogens with one attached hydrogen (secondary N) is 1. The zero-order valence-corrected chi connectivity index (χ0v) is 13.2. The van der Waals surface area contributed by atoms with E-state index in [1.54, 1.807) is 11.8 Å². The second-order valence-electron chi connectivity index (χ2n) is 4.76. The summed E-state index contributed by atoms with van der Waals surface area (Å²) in [5.74, 6) is 8.36. The smallest absolute Gasteiger partial charge is 0.143 e. The Morgan fingerprint density at radius 1 is 1.25 bits per heavy atom. The van der Waals surface area contributed by atoms with E-state index in [0.29, 0.717) is 11.7 Å². The van der Waals surface area contributed by atoms with Gasteiger partial charge in [0, 0.05) is 27.0 Å². The van der Waals surface area contributed by atoms with Gasteiger partial charge in [-0.1, -0.05) is 15.9 Å². The Morgan fingerprint density at radius 3 is 2.65 bits per heavy atom. The Kier molecular flexibility index (Phi) is 4.24. The van der Waals surface area contributed by atoms with Crippen molar-refractivity contribution in [3.8, 4) is 0 Å². The number of anilines is 1. The average Bonchev–Trinajstić information content (AvgIpc) is 3.31. The maximum Gasteiger partial charge on any atom is 0.143 e. The van der Waals surface area contributed by atoms with E-state index in [0.717, 1.165) is 21.7 Å². The molecule has 0 spiro atoms. The van der Waals surface area contributed by atoms with E-state index in [9.17, 15) is 0 Å². The lowest BCUT2D eigenvalue weighted by atomic mass is 10.3. The fourth-order valence-electron chi connectivity index (χ4n) is 1.92. The van der Waals surface area contributed by atoms with E-state index in [1.807, 2.05) is 18.2 Å². The predicted molar refractivity (Wildman–Crippen MR) is 85.5 cm³/mol. The van der Waals surface area contributed by atoms with Crippen molar-refractivity contribution in [2.75, 3.05) is 5.43 Å². The Morgan fingerprint density at radius 2 is 2.00 bits per heavy atom. The van der Waals surface area contributed by atoms with Crippen LogP contribution in [0.15, 0.2) is 39.7 Å². The SMILES string of the molecule is NNc1cc(C2CC2)nc(CSc2ccc(Br)cc2)n1. The van der Waals surface area contributed by atoms with Crippen molar-refractivity contribution in [1.82, 2.24) is 9.97 Å². The van der Waals surface area contributed by atoms with Crippen molar-refractivity contribution < 1.29 is 0 Å². The number of hydrazine groups is 1. The van der Waals surface area contributed by atoms with Crippen LogP contribution < -0.4 is 11.3 Å². The molecule has 104 valence electrons. The third-order valence-corrected chi connectivity index (χ3v) is 4.65. The minimum absolute atomic E-state index is 0.599. The Balaban J connectivity index is 1.72. The van der Waals surface area contributed by atoms with Gasteiger partial charge in [0.05, 0.1) is 5.75 Å². The van der Waals surface area contributed by atoms with E-state index < -0.39 is 0 Å². The van der Waals surface area contributed by atoms with Crippen LogP contribution in [0.1, 0.15) is 30.3 Å². The van der Waals surface area contributed by atoms with Crippen LogP contribution in [-0.2, 0) is 5.75 Å². The van der Waals surface area contributed by atoms with Crippen molar-refractivity contribution in [1.29, 1.82) is 0 Å². The molecule has 1 aliphatic rings. The molecule has 1 aromatic carbocycles. The van der Waals surface area contributed by atoms with Gasteiger partial charge in [-0.3, -0.25) is 0 Å². The number of nitrogen functional groups attached to an aromatic ring is 1. The summed E-state index contributed by atoms with van der Waals surface area (Å²) < 4.78 is 1.09. The molecular formula is C14H15BrN4S. The molecule has 0 amide bonds. The first-order valence-corrected chi connectivity index (χ1v) is 8.25. The van der Waals surface area contributed by atoms with Gasteiger partial charge in [-0.05, 0) is 37.1 Å². The van der Waals surface area contributed by atoms with Crippen LogP contribution >= 0.6 is 27.7 Å². The minimum Gasteiger partial charge on any atom is -0.308 e. The van der Waals surface area contributed by atoms with Crippen molar-refractivity contribution >= 4 is 33.5 Å². The first-order valence-electron chi connectivity index (χ1n) is 6.47. The normalized spacial score (nSPS) is 14.3. The molecule has 0 aliphatic heterocycles. The highest BCUT2D eigenvalue weighted by Crippen LogP contribution is 2.39. The summed E-state index contributed by atoms with van der Waals surface area (Å²) in [6.45, 7) is 0. The number of nitrogens with two attached hydrogens (primary N) is 1. The highest BCUT2D eigenvalue weighted by molar-refractivity contribution is 9.10. The van der Waals surface area contributed by atoms with Gasteiger partial charge in [0.15, 0.2) is 0 Å². The van der Waals surface area contributed by atoms with E-state index in [-0.39, 0.29) is 0 Å². The third-order valence-electron chi connectivity index (χ3n) is 3.12. The topological polar surface area (TPSA) is 63.8 Å². The summed E-state index contributed by atoms with van der Waals surface area (Å²) >= 11 is 5.16. The monoisotopic (exact) mass is 350 g/mol. The van der Waals surface area contributed by atoms with Gasteiger partial charge in [-0.25, -0.2) is 15.8 Å². The van der Waals surface area contributed by atoms with Crippen LogP contribution in [0, 0.1) is 0 Å². The van der Waals surface area contributed by atoms with Gasteiger partial charge in [-0.15, -0.1) is 11.8 Å². The second-order valence-corrected chi connectivity index (χ2v) is 6.72. The molecule has 0 saturated heterocycles. The first kappa shape index (κ1) is 13.9. The Labute approximate surface area is 130 Å². The van der Waals surface area contributed by atoms with Crippen LogP contribution in [0.25, 0.3) is 0 Å². The largest absolute Gasteiger partial charge is 0.308 e. The fourth-order valence-corrected chi connectivity index (χ4v) is 2.94. The lowest BCUT2D eigenvalue weighted by Crippen LogP contribution is -2.11. The van der Waals surface area contributed by atoms with Crippen LogP contribution in [0.2, 0.25) is 0 Å². The Bertz CT molecular complexity index is 599. The molecule has 20 heavy (non-hydrogen) atoms. The number of thioether (sulfide) groups is 1. The molecule has 1 fully saturated rings. The van der Waals surface area contributed by atoms with Crippen LogP contribution in [0.5, 0.6) is 0 Å². The quantitative estimate of drug-likeness (QED) is 0.489. The van der Waals surface area contributed by atoms with Crippen LogP contribution in [0.3, 0.4) is 0 Å². The molecule has 1 aliphatic carbocycles. The summed E-state index contributed by atoms with van der Waals surface area (Å²) in [4.78, 5) is 10.3. The maximum absolute atomic E-state index is 5.48. The number of hydrogen-bond donors (Lipinski definition) is 2. The van der Waals surface area contributed by atoms with Crippen LogP contribution in [0.4, 0.5) is 5.82 Å². The van der Waals surface area contributed by atoms with E-state index in [4.69, 9.17) is 5.84 Å². The molecule has 3 N–H and O–H groups in total. The van der Waals surface area contributed by atoms with Gasteiger partial charge in [0.1, 0.15) is 11.6 Å².